The molecule has 1 amide bonds. The first-order valence-corrected chi connectivity index (χ1v) is 9.15. The molecule has 1 saturated heterocycles. The van der Waals surface area contributed by atoms with Crippen LogP contribution in [0.2, 0.25) is 0 Å². The minimum Gasteiger partial charge on any atom is -0.439 e. The highest BCUT2D eigenvalue weighted by molar-refractivity contribution is 5.94. The highest BCUT2D eigenvalue weighted by Crippen LogP contribution is 2.31. The maximum atomic E-state index is 13.0. The van der Waals surface area contributed by atoms with E-state index in [4.69, 9.17) is 10.5 Å². The Kier molecular flexibility index (Phi) is 7.33. The van der Waals surface area contributed by atoms with E-state index in [0.717, 1.165) is 6.07 Å². The van der Waals surface area contributed by atoms with Crippen molar-refractivity contribution in [1.29, 1.82) is 0 Å². The number of pyridine rings is 1. The van der Waals surface area contributed by atoms with Gasteiger partial charge < -0.3 is 20.5 Å². The number of rotatable bonds is 4. The number of hydrogen-bond donors (Lipinski definition) is 2. The predicted molar refractivity (Wildman–Crippen MR) is 107 cm³/mol. The van der Waals surface area contributed by atoms with Crippen molar-refractivity contribution in [2.75, 3.05) is 13.1 Å². The second-order valence-corrected chi connectivity index (χ2v) is 7.32. The van der Waals surface area contributed by atoms with Crippen molar-refractivity contribution in [2.24, 2.45) is 5.73 Å². The molecule has 0 aliphatic carbocycles. The highest BCUT2D eigenvalue weighted by Gasteiger charge is 2.33. The van der Waals surface area contributed by atoms with Crippen LogP contribution in [0, 0.1) is 0 Å². The largest absolute Gasteiger partial charge is 0.439 e. The van der Waals surface area contributed by atoms with Gasteiger partial charge >= 0.3 is 6.18 Å². The molecule has 0 unspecified atom stereocenters. The Morgan fingerprint density at radius 1 is 1.27 bits per heavy atom. The molecular weight excluding hydrogens is 423 g/mol. The van der Waals surface area contributed by atoms with Crippen LogP contribution < -0.4 is 10.5 Å². The Labute approximate surface area is 178 Å². The van der Waals surface area contributed by atoms with Gasteiger partial charge in [-0.25, -0.2) is 4.98 Å². The van der Waals surface area contributed by atoms with E-state index in [1.807, 2.05) is 0 Å². The summed E-state index contributed by atoms with van der Waals surface area (Å²) in [6.07, 6.45) is -3.67. The molecule has 1 aromatic carbocycles. The number of carbonyl (C=O) groups excluding carboxylic acids is 1. The number of hydrogen-bond acceptors (Lipinski definition) is 5. The number of piperidine rings is 1. The number of nitrogens with two attached hydrogens (primary N) is 1. The third kappa shape index (κ3) is 5.84. The number of aliphatic hydroxyl groups is 1. The normalized spacial score (nSPS) is 16.0. The molecule has 0 bridgehead atoms. The van der Waals surface area contributed by atoms with Gasteiger partial charge in [0, 0.05) is 31.3 Å². The average molecular weight is 446 g/mol. The Balaban J connectivity index is 0.00000320. The summed E-state index contributed by atoms with van der Waals surface area (Å²) in [6.45, 7) is 2.48. The molecule has 0 spiro atoms. The SMILES string of the molecule is CC1(O)CCN(C(=O)c2cccc(Oc3cc(CN)cc(C(F)(F)F)n3)c2)CC1.Cl. The first-order valence-electron chi connectivity index (χ1n) is 9.15. The summed E-state index contributed by atoms with van der Waals surface area (Å²) in [4.78, 5) is 17.8. The zero-order chi connectivity index (χ0) is 21.2. The van der Waals surface area contributed by atoms with E-state index in [-0.39, 0.29) is 42.1 Å². The molecule has 2 heterocycles. The van der Waals surface area contributed by atoms with Gasteiger partial charge in [-0.15, -0.1) is 12.4 Å². The molecule has 0 saturated carbocycles. The van der Waals surface area contributed by atoms with Crippen molar-refractivity contribution < 1.29 is 27.8 Å². The molecule has 30 heavy (non-hydrogen) atoms. The van der Waals surface area contributed by atoms with Gasteiger partial charge in [0.25, 0.3) is 5.91 Å². The number of ether oxygens (including phenoxy) is 1. The van der Waals surface area contributed by atoms with E-state index >= 15 is 0 Å². The molecule has 0 radical (unpaired) electrons. The molecule has 0 atom stereocenters. The number of likely N-dealkylation sites (tertiary alicyclic amines) is 1. The fourth-order valence-corrected chi connectivity index (χ4v) is 3.06. The van der Waals surface area contributed by atoms with Crippen molar-refractivity contribution in [3.05, 3.63) is 53.2 Å². The molecule has 164 valence electrons. The van der Waals surface area contributed by atoms with Crippen LogP contribution in [0.15, 0.2) is 36.4 Å². The minimum absolute atomic E-state index is 0. The number of aromatic nitrogens is 1. The Morgan fingerprint density at radius 2 is 1.93 bits per heavy atom. The first-order chi connectivity index (χ1) is 13.6. The van der Waals surface area contributed by atoms with E-state index in [9.17, 15) is 23.1 Å². The smallest absolute Gasteiger partial charge is 0.433 e. The van der Waals surface area contributed by atoms with Crippen LogP contribution in [0.5, 0.6) is 11.6 Å². The first kappa shape index (κ1) is 23.9. The van der Waals surface area contributed by atoms with Crippen LogP contribution in [0.4, 0.5) is 13.2 Å². The van der Waals surface area contributed by atoms with Crippen LogP contribution in [0.3, 0.4) is 0 Å². The summed E-state index contributed by atoms with van der Waals surface area (Å²) in [7, 11) is 0. The zero-order valence-corrected chi connectivity index (χ0v) is 17.1. The Bertz CT molecular complexity index is 896. The number of halogens is 4. The fraction of sp³-hybridized carbons (Fsp3) is 0.400. The zero-order valence-electron chi connectivity index (χ0n) is 16.3. The molecule has 1 fully saturated rings. The van der Waals surface area contributed by atoms with Crippen molar-refractivity contribution in [1.82, 2.24) is 9.88 Å². The lowest BCUT2D eigenvalue weighted by atomic mass is 9.93. The average Bonchev–Trinajstić information content (AvgIpc) is 2.66. The number of benzene rings is 1. The summed E-state index contributed by atoms with van der Waals surface area (Å²) in [6, 6.07) is 8.38. The number of nitrogens with zero attached hydrogens (tertiary/aromatic N) is 2. The van der Waals surface area contributed by atoms with Crippen molar-refractivity contribution in [2.45, 2.75) is 38.1 Å². The van der Waals surface area contributed by atoms with Gasteiger partial charge in [0.1, 0.15) is 11.4 Å². The third-order valence-electron chi connectivity index (χ3n) is 4.82. The lowest BCUT2D eigenvalue weighted by Crippen LogP contribution is -2.45. The lowest BCUT2D eigenvalue weighted by molar-refractivity contribution is -0.141. The molecule has 6 nitrogen and oxygen atoms in total. The molecule has 10 heteroatoms. The quantitative estimate of drug-likeness (QED) is 0.748. The summed E-state index contributed by atoms with van der Waals surface area (Å²) < 4.78 is 44.6. The van der Waals surface area contributed by atoms with Crippen molar-refractivity contribution in [3.8, 4) is 11.6 Å². The second-order valence-electron chi connectivity index (χ2n) is 7.32. The van der Waals surface area contributed by atoms with Crippen molar-refractivity contribution >= 4 is 18.3 Å². The van der Waals surface area contributed by atoms with Crippen LogP contribution in [0.1, 0.15) is 41.4 Å². The van der Waals surface area contributed by atoms with Crippen LogP contribution in [-0.2, 0) is 12.7 Å². The summed E-state index contributed by atoms with van der Waals surface area (Å²) >= 11 is 0. The van der Waals surface area contributed by atoms with Crippen molar-refractivity contribution in [3.63, 3.8) is 0 Å². The summed E-state index contributed by atoms with van der Waals surface area (Å²) in [5.41, 5.74) is 4.17. The second kappa shape index (κ2) is 9.20. The van der Waals surface area contributed by atoms with Gasteiger partial charge in [0.15, 0.2) is 0 Å². The lowest BCUT2D eigenvalue weighted by Gasteiger charge is -2.35. The summed E-state index contributed by atoms with van der Waals surface area (Å²) in [5.74, 6) is -0.292. The topological polar surface area (TPSA) is 88.7 Å². The third-order valence-corrected chi connectivity index (χ3v) is 4.82. The molecular formula is C20H23ClF3N3O3. The van der Waals surface area contributed by atoms with E-state index < -0.39 is 17.5 Å². The Morgan fingerprint density at radius 3 is 2.53 bits per heavy atom. The number of alkyl halides is 3. The van der Waals surface area contributed by atoms with Crippen LogP contribution >= 0.6 is 12.4 Å². The molecule has 2 aromatic rings. The van der Waals surface area contributed by atoms with Gasteiger partial charge in [-0.1, -0.05) is 6.07 Å². The number of carbonyl (C=O) groups is 1. The maximum Gasteiger partial charge on any atom is 0.433 e. The predicted octanol–water partition coefficient (Wildman–Crippen LogP) is 3.76. The monoisotopic (exact) mass is 445 g/mol. The summed E-state index contributed by atoms with van der Waals surface area (Å²) in [5, 5.41) is 10.0. The number of amides is 1. The standard InChI is InChI=1S/C20H22F3N3O3.ClH/c1-19(28)5-7-26(8-6-19)18(27)14-3-2-4-15(11-14)29-17-10-13(12-24)9-16(25-17)20(21,22)23;/h2-4,9-11,28H,5-8,12,24H2,1H3;1H. The molecule has 3 N–H and O–H groups in total. The van der Waals surface area contributed by atoms with Crippen LogP contribution in [-0.4, -0.2) is 39.6 Å². The van der Waals surface area contributed by atoms with E-state index in [1.54, 1.807) is 24.0 Å². The van der Waals surface area contributed by atoms with Crippen LogP contribution in [0.25, 0.3) is 0 Å². The fourth-order valence-electron chi connectivity index (χ4n) is 3.06. The molecule has 1 aliphatic rings. The highest BCUT2D eigenvalue weighted by atomic mass is 35.5. The van der Waals surface area contributed by atoms with Gasteiger partial charge in [-0.3, -0.25) is 4.79 Å². The molecule has 3 rings (SSSR count). The minimum atomic E-state index is -4.63. The van der Waals surface area contributed by atoms with E-state index in [1.165, 1.54) is 18.2 Å². The maximum absolute atomic E-state index is 13.0. The molecule has 1 aliphatic heterocycles. The molecule has 1 aromatic heterocycles. The Hall–Kier alpha value is -2.36. The van der Waals surface area contributed by atoms with Gasteiger partial charge in [-0.05, 0) is 49.6 Å². The van der Waals surface area contributed by atoms with E-state index in [0.29, 0.717) is 31.5 Å². The van der Waals surface area contributed by atoms with Gasteiger partial charge in [0.05, 0.1) is 5.60 Å². The van der Waals surface area contributed by atoms with Gasteiger partial charge in [0.2, 0.25) is 5.88 Å². The van der Waals surface area contributed by atoms with Gasteiger partial charge in [-0.2, -0.15) is 13.2 Å². The van der Waals surface area contributed by atoms with E-state index in [2.05, 4.69) is 4.98 Å².